The highest BCUT2D eigenvalue weighted by Crippen LogP contribution is 2.25. The van der Waals surface area contributed by atoms with Crippen LogP contribution in [0.2, 0.25) is 0 Å². The first-order valence-electron chi connectivity index (χ1n) is 7.96. The number of nitrogens with one attached hydrogen (secondary N) is 2. The third-order valence-corrected chi connectivity index (χ3v) is 5.13. The van der Waals surface area contributed by atoms with Crippen LogP contribution in [0, 0.1) is 0 Å². The Labute approximate surface area is 150 Å². The van der Waals surface area contributed by atoms with E-state index < -0.39 is 9.84 Å². The number of pyridine rings is 2. The zero-order chi connectivity index (χ0) is 18.1. The molecule has 0 unspecified atom stereocenters. The van der Waals surface area contributed by atoms with E-state index in [4.69, 9.17) is 0 Å². The summed E-state index contributed by atoms with van der Waals surface area (Å²) in [5, 5.41) is 4.17. The van der Waals surface area contributed by atoms with E-state index in [2.05, 4.69) is 20.3 Å². The van der Waals surface area contributed by atoms with Crippen molar-refractivity contribution in [2.75, 3.05) is 11.6 Å². The largest absolute Gasteiger partial charge is 0.353 e. The van der Waals surface area contributed by atoms with E-state index in [1.165, 1.54) is 6.26 Å². The van der Waals surface area contributed by atoms with Crippen LogP contribution >= 0.6 is 0 Å². The first kappa shape index (κ1) is 16.3. The van der Waals surface area contributed by atoms with Crippen molar-refractivity contribution in [1.29, 1.82) is 0 Å². The van der Waals surface area contributed by atoms with Crippen LogP contribution in [-0.4, -0.2) is 29.6 Å². The van der Waals surface area contributed by atoms with E-state index >= 15 is 0 Å². The normalized spacial score (nSPS) is 11.6. The highest BCUT2D eigenvalue weighted by Gasteiger charge is 2.08. The zero-order valence-corrected chi connectivity index (χ0v) is 14.8. The monoisotopic (exact) mass is 364 g/mol. The van der Waals surface area contributed by atoms with Gasteiger partial charge in [0.2, 0.25) is 0 Å². The molecule has 0 saturated carbocycles. The summed E-state index contributed by atoms with van der Waals surface area (Å²) in [4.78, 5) is 12.4. The molecular weight excluding hydrogens is 348 g/mol. The molecule has 26 heavy (non-hydrogen) atoms. The van der Waals surface area contributed by atoms with Crippen molar-refractivity contribution < 1.29 is 8.42 Å². The van der Waals surface area contributed by atoms with Gasteiger partial charge in [-0.25, -0.2) is 13.4 Å². The van der Waals surface area contributed by atoms with E-state index in [0.717, 1.165) is 28.0 Å². The Hall–Kier alpha value is -3.19. The topological polar surface area (TPSA) is 87.7 Å². The summed E-state index contributed by atoms with van der Waals surface area (Å²) in [6, 6.07) is 16.3. The van der Waals surface area contributed by atoms with Gasteiger partial charge in [0.15, 0.2) is 9.84 Å². The van der Waals surface area contributed by atoms with Crippen molar-refractivity contribution in [3.05, 3.63) is 67.0 Å². The van der Waals surface area contributed by atoms with Crippen LogP contribution in [0.3, 0.4) is 0 Å². The van der Waals surface area contributed by atoms with Crippen LogP contribution in [0.5, 0.6) is 0 Å². The van der Waals surface area contributed by atoms with Crippen molar-refractivity contribution in [3.8, 4) is 11.4 Å². The fraction of sp³-hybridized carbons (Fsp3) is 0.0526. The number of sulfone groups is 1. The third kappa shape index (κ3) is 3.29. The second kappa shape index (κ2) is 6.27. The first-order chi connectivity index (χ1) is 12.5. The Balaban J connectivity index is 1.61. The van der Waals surface area contributed by atoms with Gasteiger partial charge >= 0.3 is 0 Å². The van der Waals surface area contributed by atoms with Crippen LogP contribution in [0.4, 0.5) is 11.5 Å². The minimum Gasteiger partial charge on any atom is -0.353 e. The molecule has 130 valence electrons. The highest BCUT2D eigenvalue weighted by atomic mass is 32.2. The van der Waals surface area contributed by atoms with Gasteiger partial charge in [0.25, 0.3) is 0 Å². The average Bonchev–Trinajstić information content (AvgIpc) is 3.05. The van der Waals surface area contributed by atoms with Crippen LogP contribution in [0.15, 0.2) is 71.9 Å². The molecule has 7 heteroatoms. The van der Waals surface area contributed by atoms with Gasteiger partial charge in [0, 0.05) is 35.8 Å². The lowest BCUT2D eigenvalue weighted by atomic mass is 10.2. The number of hydrogen-bond donors (Lipinski definition) is 2. The number of aromatic nitrogens is 3. The molecule has 1 aromatic carbocycles. The van der Waals surface area contributed by atoms with Crippen molar-refractivity contribution in [2.24, 2.45) is 0 Å². The molecule has 4 aromatic rings. The summed E-state index contributed by atoms with van der Waals surface area (Å²) in [5.41, 5.74) is 3.50. The van der Waals surface area contributed by atoms with E-state index in [9.17, 15) is 8.42 Å². The van der Waals surface area contributed by atoms with Gasteiger partial charge in [-0.1, -0.05) is 6.07 Å². The molecule has 0 fully saturated rings. The second-order valence-corrected chi connectivity index (χ2v) is 7.99. The number of rotatable bonds is 4. The van der Waals surface area contributed by atoms with Crippen LogP contribution < -0.4 is 5.32 Å². The van der Waals surface area contributed by atoms with Gasteiger partial charge in [-0.15, -0.1) is 0 Å². The first-order valence-corrected chi connectivity index (χ1v) is 9.85. The lowest BCUT2D eigenvalue weighted by molar-refractivity contribution is 0.602. The molecule has 6 nitrogen and oxygen atoms in total. The average molecular weight is 364 g/mol. The SMILES string of the molecule is CS(=O)(=O)c1ccc(Nc2cc3[nH]c(-c4ccccn4)cc3cn2)cc1. The lowest BCUT2D eigenvalue weighted by Gasteiger charge is -2.06. The smallest absolute Gasteiger partial charge is 0.175 e. The Bertz CT molecular complexity index is 1170. The Kier molecular flexibility index (Phi) is 3.93. The minimum atomic E-state index is -3.20. The van der Waals surface area contributed by atoms with Crippen LogP contribution in [-0.2, 0) is 9.84 Å². The molecule has 4 rings (SSSR count). The van der Waals surface area contributed by atoms with Crippen LogP contribution in [0.1, 0.15) is 0 Å². The fourth-order valence-corrected chi connectivity index (χ4v) is 3.32. The number of nitrogens with zero attached hydrogens (tertiary/aromatic N) is 2. The minimum absolute atomic E-state index is 0.288. The standard InChI is InChI=1S/C19H16N4O2S/c1-26(24,25)15-7-5-14(6-8-15)22-19-11-17-13(12-21-19)10-18(23-17)16-4-2-3-9-20-16/h2-12,23H,1H3,(H,21,22). The van der Waals surface area contributed by atoms with Gasteiger partial charge in [-0.05, 0) is 42.5 Å². The number of hydrogen-bond acceptors (Lipinski definition) is 5. The predicted octanol–water partition coefficient (Wildman–Crippen LogP) is 3.77. The van der Waals surface area contributed by atoms with E-state index in [0.29, 0.717) is 5.82 Å². The molecule has 0 radical (unpaired) electrons. The number of fused-ring (bicyclic) bond motifs is 1. The number of aromatic amines is 1. The second-order valence-electron chi connectivity index (χ2n) is 5.98. The van der Waals surface area contributed by atoms with Gasteiger partial charge in [0.05, 0.1) is 21.8 Å². The summed E-state index contributed by atoms with van der Waals surface area (Å²) in [6.07, 6.45) is 4.73. The molecule has 0 atom stereocenters. The molecule has 0 bridgehead atoms. The van der Waals surface area contributed by atoms with Gasteiger partial charge in [-0.2, -0.15) is 0 Å². The number of H-pyrrole nitrogens is 1. The van der Waals surface area contributed by atoms with Gasteiger partial charge < -0.3 is 10.3 Å². The third-order valence-electron chi connectivity index (χ3n) is 4.00. The number of benzene rings is 1. The Morgan fingerprint density at radius 3 is 2.50 bits per heavy atom. The Morgan fingerprint density at radius 1 is 1.00 bits per heavy atom. The Morgan fingerprint density at radius 2 is 1.81 bits per heavy atom. The van der Waals surface area contributed by atoms with Gasteiger partial charge in [0.1, 0.15) is 5.82 Å². The van der Waals surface area contributed by atoms with Crippen molar-refractivity contribution in [2.45, 2.75) is 4.90 Å². The molecule has 0 aliphatic carbocycles. The summed E-state index contributed by atoms with van der Waals surface area (Å²) in [5.74, 6) is 0.666. The fourth-order valence-electron chi connectivity index (χ4n) is 2.69. The summed E-state index contributed by atoms with van der Waals surface area (Å²) in [6.45, 7) is 0. The molecule has 3 heterocycles. The quantitative estimate of drug-likeness (QED) is 0.575. The molecular formula is C19H16N4O2S. The predicted molar refractivity (Wildman–Crippen MR) is 102 cm³/mol. The van der Waals surface area contributed by atoms with Crippen LogP contribution in [0.25, 0.3) is 22.3 Å². The molecule has 0 amide bonds. The molecule has 2 N–H and O–H groups in total. The summed E-state index contributed by atoms with van der Waals surface area (Å²) >= 11 is 0. The molecule has 0 aliphatic heterocycles. The molecule has 0 spiro atoms. The maximum absolute atomic E-state index is 11.5. The van der Waals surface area contributed by atoms with E-state index in [1.54, 1.807) is 36.7 Å². The summed E-state index contributed by atoms with van der Waals surface area (Å²) in [7, 11) is -3.20. The molecule has 0 aliphatic rings. The maximum atomic E-state index is 11.5. The molecule has 3 aromatic heterocycles. The van der Waals surface area contributed by atoms with E-state index in [-0.39, 0.29) is 4.90 Å². The highest BCUT2D eigenvalue weighted by molar-refractivity contribution is 7.90. The maximum Gasteiger partial charge on any atom is 0.175 e. The summed E-state index contributed by atoms with van der Waals surface area (Å²) < 4.78 is 23.1. The van der Waals surface area contributed by atoms with E-state index in [1.807, 2.05) is 30.3 Å². The van der Waals surface area contributed by atoms with Crippen molar-refractivity contribution >= 4 is 32.2 Å². The zero-order valence-electron chi connectivity index (χ0n) is 14.0. The number of anilines is 2. The van der Waals surface area contributed by atoms with Crippen molar-refractivity contribution in [3.63, 3.8) is 0 Å². The lowest BCUT2D eigenvalue weighted by Crippen LogP contribution is -1.98. The van der Waals surface area contributed by atoms with Crippen molar-refractivity contribution in [1.82, 2.24) is 15.0 Å². The van der Waals surface area contributed by atoms with Gasteiger partial charge in [-0.3, -0.25) is 4.98 Å². The molecule has 0 saturated heterocycles.